The average Bonchev–Trinajstić information content (AvgIpc) is 2.51. The number of nitrogens with zero attached hydrogens (tertiary/aromatic N) is 3. The number of nitrogens with two attached hydrogens (primary N) is 1. The standard InChI is InChI=1S/C16H17N5/c1-3-14-20-15(17)10(2)16(21-14)19-12-6-7-13-11(9-12)5-4-8-18-13/h4-9H,3H2,1-2H3,(H3,17,19,20,21). The summed E-state index contributed by atoms with van der Waals surface area (Å²) >= 11 is 0. The largest absolute Gasteiger partial charge is 0.383 e. The molecule has 0 saturated carbocycles. The highest BCUT2D eigenvalue weighted by Crippen LogP contribution is 2.24. The van der Waals surface area contributed by atoms with Gasteiger partial charge in [0.05, 0.1) is 5.52 Å². The number of pyridine rings is 1. The van der Waals surface area contributed by atoms with Crippen LogP contribution in [0.25, 0.3) is 10.9 Å². The monoisotopic (exact) mass is 279 g/mol. The molecule has 5 heteroatoms. The number of aromatic nitrogens is 3. The summed E-state index contributed by atoms with van der Waals surface area (Å²) in [5.41, 5.74) is 8.73. The van der Waals surface area contributed by atoms with E-state index in [9.17, 15) is 0 Å². The van der Waals surface area contributed by atoms with Crippen LogP contribution >= 0.6 is 0 Å². The molecule has 0 aliphatic heterocycles. The third-order valence-electron chi connectivity index (χ3n) is 3.41. The summed E-state index contributed by atoms with van der Waals surface area (Å²) in [6.45, 7) is 3.93. The topological polar surface area (TPSA) is 76.7 Å². The van der Waals surface area contributed by atoms with E-state index in [1.165, 1.54) is 0 Å². The van der Waals surface area contributed by atoms with Crippen LogP contribution in [0.4, 0.5) is 17.3 Å². The quantitative estimate of drug-likeness (QED) is 0.769. The first-order valence-electron chi connectivity index (χ1n) is 6.92. The van der Waals surface area contributed by atoms with Gasteiger partial charge in [0.2, 0.25) is 0 Å². The molecule has 21 heavy (non-hydrogen) atoms. The van der Waals surface area contributed by atoms with E-state index in [1.807, 2.05) is 44.2 Å². The first kappa shape index (κ1) is 13.3. The van der Waals surface area contributed by atoms with Crippen LogP contribution in [0, 0.1) is 6.92 Å². The van der Waals surface area contributed by atoms with Crippen LogP contribution in [0.1, 0.15) is 18.3 Å². The predicted molar refractivity (Wildman–Crippen MR) is 85.6 cm³/mol. The second-order valence-corrected chi connectivity index (χ2v) is 4.89. The zero-order chi connectivity index (χ0) is 14.8. The summed E-state index contributed by atoms with van der Waals surface area (Å²) in [6.07, 6.45) is 2.54. The summed E-state index contributed by atoms with van der Waals surface area (Å²) < 4.78 is 0. The van der Waals surface area contributed by atoms with Gasteiger partial charge in [-0.15, -0.1) is 0 Å². The van der Waals surface area contributed by atoms with Crippen LogP contribution < -0.4 is 11.1 Å². The molecule has 2 aromatic heterocycles. The molecular formula is C16H17N5. The van der Waals surface area contributed by atoms with Crippen molar-refractivity contribution in [1.29, 1.82) is 0 Å². The van der Waals surface area contributed by atoms with Crippen LogP contribution in [-0.2, 0) is 6.42 Å². The van der Waals surface area contributed by atoms with Gasteiger partial charge in [-0.05, 0) is 31.2 Å². The SMILES string of the molecule is CCc1nc(N)c(C)c(Nc2ccc3ncccc3c2)n1. The Balaban J connectivity index is 2.00. The van der Waals surface area contributed by atoms with Crippen molar-refractivity contribution in [2.45, 2.75) is 20.3 Å². The van der Waals surface area contributed by atoms with Crippen molar-refractivity contribution in [2.24, 2.45) is 0 Å². The Morgan fingerprint density at radius 2 is 2.05 bits per heavy atom. The molecular weight excluding hydrogens is 262 g/mol. The molecule has 0 saturated heterocycles. The number of rotatable bonds is 3. The molecule has 0 amide bonds. The summed E-state index contributed by atoms with van der Waals surface area (Å²) in [5, 5.41) is 4.40. The van der Waals surface area contributed by atoms with Crippen molar-refractivity contribution in [3.8, 4) is 0 Å². The van der Waals surface area contributed by atoms with Gasteiger partial charge in [-0.25, -0.2) is 9.97 Å². The summed E-state index contributed by atoms with van der Waals surface area (Å²) in [7, 11) is 0. The maximum atomic E-state index is 5.94. The van der Waals surface area contributed by atoms with Crippen molar-refractivity contribution >= 4 is 28.2 Å². The Hall–Kier alpha value is -2.69. The highest BCUT2D eigenvalue weighted by Gasteiger charge is 2.08. The van der Waals surface area contributed by atoms with Crippen LogP contribution in [-0.4, -0.2) is 15.0 Å². The van der Waals surface area contributed by atoms with Crippen LogP contribution in [0.5, 0.6) is 0 Å². The van der Waals surface area contributed by atoms with Gasteiger partial charge >= 0.3 is 0 Å². The minimum atomic E-state index is 0.520. The van der Waals surface area contributed by atoms with Gasteiger partial charge in [-0.2, -0.15) is 0 Å². The third-order valence-corrected chi connectivity index (χ3v) is 3.41. The van der Waals surface area contributed by atoms with Gasteiger partial charge in [0.1, 0.15) is 17.5 Å². The predicted octanol–water partition coefficient (Wildman–Crippen LogP) is 3.22. The maximum absolute atomic E-state index is 5.94. The van der Waals surface area contributed by atoms with Crippen molar-refractivity contribution < 1.29 is 0 Å². The lowest BCUT2D eigenvalue weighted by atomic mass is 10.2. The average molecular weight is 279 g/mol. The first-order valence-corrected chi connectivity index (χ1v) is 6.92. The van der Waals surface area contributed by atoms with Gasteiger partial charge in [-0.1, -0.05) is 13.0 Å². The fourth-order valence-electron chi connectivity index (χ4n) is 2.15. The van der Waals surface area contributed by atoms with E-state index >= 15 is 0 Å². The zero-order valence-corrected chi connectivity index (χ0v) is 12.1. The van der Waals surface area contributed by atoms with Gasteiger partial charge in [0, 0.05) is 29.3 Å². The van der Waals surface area contributed by atoms with Crippen molar-refractivity contribution in [2.75, 3.05) is 11.1 Å². The molecule has 0 fully saturated rings. The molecule has 5 nitrogen and oxygen atoms in total. The summed E-state index contributed by atoms with van der Waals surface area (Å²) in [4.78, 5) is 13.1. The molecule has 2 heterocycles. The highest BCUT2D eigenvalue weighted by atomic mass is 15.1. The molecule has 3 rings (SSSR count). The second-order valence-electron chi connectivity index (χ2n) is 4.89. The minimum absolute atomic E-state index is 0.520. The Morgan fingerprint density at radius 1 is 1.19 bits per heavy atom. The molecule has 0 atom stereocenters. The third kappa shape index (κ3) is 2.63. The number of anilines is 3. The normalized spacial score (nSPS) is 10.8. The Morgan fingerprint density at radius 3 is 2.86 bits per heavy atom. The van der Waals surface area contributed by atoms with Gasteiger partial charge in [-0.3, -0.25) is 4.98 Å². The molecule has 3 N–H and O–H groups in total. The van der Waals surface area contributed by atoms with E-state index in [0.29, 0.717) is 5.82 Å². The van der Waals surface area contributed by atoms with E-state index in [0.717, 1.165) is 40.2 Å². The van der Waals surface area contributed by atoms with E-state index < -0.39 is 0 Å². The minimum Gasteiger partial charge on any atom is -0.383 e. The molecule has 0 spiro atoms. The number of hydrogen-bond acceptors (Lipinski definition) is 5. The first-order chi connectivity index (χ1) is 10.2. The molecule has 1 aromatic carbocycles. The lowest BCUT2D eigenvalue weighted by Gasteiger charge is -2.12. The molecule has 3 aromatic rings. The number of fused-ring (bicyclic) bond motifs is 1. The lowest BCUT2D eigenvalue weighted by Crippen LogP contribution is -2.06. The maximum Gasteiger partial charge on any atom is 0.139 e. The number of benzene rings is 1. The van der Waals surface area contributed by atoms with E-state index in [4.69, 9.17) is 5.73 Å². The molecule has 0 unspecified atom stereocenters. The van der Waals surface area contributed by atoms with Crippen molar-refractivity contribution in [1.82, 2.24) is 15.0 Å². The van der Waals surface area contributed by atoms with E-state index in [-0.39, 0.29) is 0 Å². The zero-order valence-electron chi connectivity index (χ0n) is 12.1. The fourth-order valence-corrected chi connectivity index (χ4v) is 2.15. The van der Waals surface area contributed by atoms with E-state index in [2.05, 4.69) is 20.3 Å². The lowest BCUT2D eigenvalue weighted by molar-refractivity contribution is 0.940. The Kier molecular flexibility index (Phi) is 3.39. The second kappa shape index (κ2) is 5.36. The Labute approximate surface area is 123 Å². The molecule has 0 aliphatic carbocycles. The van der Waals surface area contributed by atoms with Crippen LogP contribution in [0.3, 0.4) is 0 Å². The summed E-state index contributed by atoms with van der Waals surface area (Å²) in [6, 6.07) is 9.98. The number of hydrogen-bond donors (Lipinski definition) is 2. The number of nitrogens with one attached hydrogen (secondary N) is 1. The molecule has 0 radical (unpaired) electrons. The fraction of sp³-hybridized carbons (Fsp3) is 0.188. The molecule has 106 valence electrons. The number of nitrogen functional groups attached to an aromatic ring is 1. The number of aryl methyl sites for hydroxylation is 1. The van der Waals surface area contributed by atoms with Crippen LogP contribution in [0.15, 0.2) is 36.5 Å². The summed E-state index contributed by atoms with van der Waals surface area (Å²) in [5.74, 6) is 2.01. The van der Waals surface area contributed by atoms with E-state index in [1.54, 1.807) is 6.20 Å². The van der Waals surface area contributed by atoms with Gasteiger partial charge in [0.15, 0.2) is 0 Å². The Bertz CT molecular complexity index is 798. The molecule has 0 aliphatic rings. The van der Waals surface area contributed by atoms with Crippen LogP contribution in [0.2, 0.25) is 0 Å². The van der Waals surface area contributed by atoms with Crippen molar-refractivity contribution in [3.05, 3.63) is 47.9 Å². The molecule has 0 bridgehead atoms. The smallest absolute Gasteiger partial charge is 0.139 e. The van der Waals surface area contributed by atoms with Crippen molar-refractivity contribution in [3.63, 3.8) is 0 Å². The highest BCUT2D eigenvalue weighted by molar-refractivity contribution is 5.83. The van der Waals surface area contributed by atoms with Gasteiger partial charge in [0.25, 0.3) is 0 Å². The van der Waals surface area contributed by atoms with Gasteiger partial charge < -0.3 is 11.1 Å².